The van der Waals surface area contributed by atoms with Crippen molar-refractivity contribution < 1.29 is 45.1 Å². The zero-order valence-electron chi connectivity index (χ0n) is 12.0. The Labute approximate surface area is 135 Å². The van der Waals surface area contributed by atoms with Crippen LogP contribution in [0.25, 0.3) is 0 Å². The lowest BCUT2D eigenvalue weighted by Crippen LogP contribution is -2.39. The largest absolute Gasteiger partial charge is 0.491 e. The molecule has 1 heterocycles. The molecule has 24 heavy (non-hydrogen) atoms. The van der Waals surface area contributed by atoms with Crippen LogP contribution in [-0.2, 0) is 19.6 Å². The van der Waals surface area contributed by atoms with Gasteiger partial charge >= 0.3 is 12.1 Å². The molecule has 7 nitrogen and oxygen atoms in total. The topological polar surface area (TPSA) is 102 Å². The van der Waals surface area contributed by atoms with Crippen molar-refractivity contribution in [3.05, 3.63) is 29.8 Å². The van der Waals surface area contributed by atoms with E-state index in [9.17, 15) is 26.4 Å². The second-order valence-electron chi connectivity index (χ2n) is 4.98. The van der Waals surface area contributed by atoms with Gasteiger partial charge < -0.3 is 14.2 Å². The van der Waals surface area contributed by atoms with E-state index in [1.165, 1.54) is 18.2 Å². The van der Waals surface area contributed by atoms with E-state index >= 15 is 0 Å². The first-order chi connectivity index (χ1) is 11.0. The van der Waals surface area contributed by atoms with Crippen LogP contribution in [0.4, 0.5) is 13.2 Å². The minimum atomic E-state index is -5.15. The average Bonchev–Trinajstić information content (AvgIpc) is 3.26. The van der Waals surface area contributed by atoms with Crippen molar-refractivity contribution in [2.24, 2.45) is 0 Å². The fourth-order valence-electron chi connectivity index (χ4n) is 1.65. The lowest BCUT2D eigenvalue weighted by molar-refractivity contribution is -0.197. The molecular formula is C13H13F3O7S. The highest BCUT2D eigenvalue weighted by molar-refractivity contribution is 7.85. The molecule has 1 fully saturated rings. The number of esters is 1. The number of rotatable bonds is 7. The van der Waals surface area contributed by atoms with E-state index in [1.807, 2.05) is 0 Å². The van der Waals surface area contributed by atoms with Crippen molar-refractivity contribution in [2.45, 2.75) is 18.4 Å². The minimum absolute atomic E-state index is 0.0509. The van der Waals surface area contributed by atoms with Gasteiger partial charge in [0.25, 0.3) is 10.1 Å². The van der Waals surface area contributed by atoms with Crippen LogP contribution >= 0.6 is 0 Å². The maximum absolute atomic E-state index is 12.7. The molecule has 0 aliphatic carbocycles. The summed E-state index contributed by atoms with van der Waals surface area (Å²) in [4.78, 5) is 11.8. The molecule has 0 spiro atoms. The molecule has 1 aromatic rings. The van der Waals surface area contributed by atoms with Gasteiger partial charge in [0.1, 0.15) is 24.2 Å². The molecule has 0 aromatic heterocycles. The standard InChI is InChI=1S/C13H13F3O7S/c14-13(15,16)11(7-24(18,19)20)23-12(17)8-2-1-3-9(4-8)21-5-10-6-22-10/h1-4,10-11H,5-7H2,(H,18,19,20). The average molecular weight is 370 g/mol. The normalized spacial score (nSPS) is 18.8. The van der Waals surface area contributed by atoms with E-state index in [-0.39, 0.29) is 24.0 Å². The highest BCUT2D eigenvalue weighted by Crippen LogP contribution is 2.26. The predicted molar refractivity (Wildman–Crippen MR) is 73.4 cm³/mol. The summed E-state index contributed by atoms with van der Waals surface area (Å²) in [6, 6.07) is 5.19. The molecule has 1 aliphatic rings. The Kier molecular flexibility index (Phi) is 5.35. The molecule has 1 N–H and O–H groups in total. The molecule has 1 aliphatic heterocycles. The molecule has 2 atom stereocenters. The van der Waals surface area contributed by atoms with Crippen LogP contribution in [0.15, 0.2) is 24.3 Å². The van der Waals surface area contributed by atoms with Gasteiger partial charge in [-0.2, -0.15) is 21.6 Å². The van der Waals surface area contributed by atoms with Gasteiger partial charge in [0.2, 0.25) is 6.10 Å². The number of benzene rings is 1. The van der Waals surface area contributed by atoms with E-state index in [0.717, 1.165) is 6.07 Å². The maximum atomic E-state index is 12.7. The summed E-state index contributed by atoms with van der Waals surface area (Å²) in [6.07, 6.45) is -8.18. The summed E-state index contributed by atoms with van der Waals surface area (Å²) in [6.45, 7) is 0.775. The Morgan fingerprint density at radius 1 is 1.42 bits per heavy atom. The SMILES string of the molecule is O=C(OC(CS(=O)(=O)O)C(F)(F)F)c1cccc(OCC2CO2)c1. The number of hydrogen-bond acceptors (Lipinski definition) is 6. The molecular weight excluding hydrogens is 357 g/mol. The highest BCUT2D eigenvalue weighted by Gasteiger charge is 2.45. The monoisotopic (exact) mass is 370 g/mol. The van der Waals surface area contributed by atoms with Crippen LogP contribution in [0.1, 0.15) is 10.4 Å². The fraction of sp³-hybridized carbons (Fsp3) is 0.462. The molecule has 0 radical (unpaired) electrons. The predicted octanol–water partition coefficient (Wildman–Crippen LogP) is 1.44. The van der Waals surface area contributed by atoms with Gasteiger partial charge in [-0.3, -0.25) is 4.55 Å². The number of carbonyl (C=O) groups is 1. The van der Waals surface area contributed by atoms with Crippen LogP contribution in [-0.4, -0.2) is 56.3 Å². The minimum Gasteiger partial charge on any atom is -0.491 e. The third-order valence-electron chi connectivity index (χ3n) is 2.88. The lowest BCUT2D eigenvalue weighted by Gasteiger charge is -2.19. The van der Waals surface area contributed by atoms with Crippen LogP contribution in [0.2, 0.25) is 0 Å². The molecule has 11 heteroatoms. The Morgan fingerprint density at radius 3 is 2.62 bits per heavy atom. The smallest absolute Gasteiger partial charge is 0.426 e. The maximum Gasteiger partial charge on any atom is 0.426 e. The number of hydrogen-bond donors (Lipinski definition) is 1. The molecule has 0 amide bonds. The Hall–Kier alpha value is -1.85. The van der Waals surface area contributed by atoms with E-state index in [0.29, 0.717) is 6.61 Å². The van der Waals surface area contributed by atoms with Crippen molar-refractivity contribution >= 4 is 16.1 Å². The van der Waals surface area contributed by atoms with Gasteiger partial charge in [-0.05, 0) is 18.2 Å². The fourth-order valence-corrected chi connectivity index (χ4v) is 2.29. The molecule has 0 saturated carbocycles. The Balaban J connectivity index is 2.06. The molecule has 1 aromatic carbocycles. The summed E-state index contributed by atoms with van der Waals surface area (Å²) in [5.41, 5.74) is -0.256. The lowest BCUT2D eigenvalue weighted by atomic mass is 10.2. The van der Waals surface area contributed by atoms with Crippen molar-refractivity contribution in [1.29, 1.82) is 0 Å². The Morgan fingerprint density at radius 2 is 2.08 bits per heavy atom. The van der Waals surface area contributed by atoms with Crippen LogP contribution in [0.3, 0.4) is 0 Å². The molecule has 2 rings (SSSR count). The van der Waals surface area contributed by atoms with E-state index in [4.69, 9.17) is 14.0 Å². The quantitative estimate of drug-likeness (QED) is 0.440. The second-order valence-corrected chi connectivity index (χ2v) is 6.48. The molecule has 2 unspecified atom stereocenters. The third kappa shape index (κ3) is 5.98. The molecule has 134 valence electrons. The molecule has 0 bridgehead atoms. The second kappa shape index (κ2) is 6.95. The van der Waals surface area contributed by atoms with Gasteiger partial charge in [0, 0.05) is 0 Å². The summed E-state index contributed by atoms with van der Waals surface area (Å²) in [5, 5.41) is 0. The van der Waals surface area contributed by atoms with Gasteiger partial charge in [-0.15, -0.1) is 0 Å². The summed E-state index contributed by atoms with van der Waals surface area (Å²) >= 11 is 0. The zero-order valence-corrected chi connectivity index (χ0v) is 12.8. The number of carbonyl (C=O) groups excluding carboxylic acids is 1. The first-order valence-corrected chi connectivity index (χ1v) is 8.23. The van der Waals surface area contributed by atoms with E-state index in [2.05, 4.69) is 4.74 Å². The number of halogens is 3. The van der Waals surface area contributed by atoms with Gasteiger partial charge in [0.15, 0.2) is 0 Å². The van der Waals surface area contributed by atoms with Crippen LogP contribution < -0.4 is 4.74 Å². The summed E-state index contributed by atoms with van der Waals surface area (Å²) < 4.78 is 82.4. The van der Waals surface area contributed by atoms with E-state index in [1.54, 1.807) is 0 Å². The van der Waals surface area contributed by atoms with Crippen LogP contribution in [0.5, 0.6) is 5.75 Å². The van der Waals surface area contributed by atoms with Gasteiger partial charge in [-0.1, -0.05) is 6.07 Å². The van der Waals surface area contributed by atoms with E-state index < -0.39 is 34.1 Å². The first-order valence-electron chi connectivity index (χ1n) is 6.62. The Bertz CT molecular complexity index is 698. The molecule has 1 saturated heterocycles. The zero-order chi connectivity index (χ0) is 18.0. The van der Waals surface area contributed by atoms with Crippen molar-refractivity contribution in [3.63, 3.8) is 0 Å². The first kappa shape index (κ1) is 18.5. The van der Waals surface area contributed by atoms with Crippen molar-refractivity contribution in [3.8, 4) is 5.75 Å². The van der Waals surface area contributed by atoms with Crippen molar-refractivity contribution in [2.75, 3.05) is 19.0 Å². The summed E-state index contributed by atoms with van der Waals surface area (Å²) in [5.74, 6) is -2.95. The van der Waals surface area contributed by atoms with Crippen molar-refractivity contribution in [1.82, 2.24) is 0 Å². The summed E-state index contributed by atoms with van der Waals surface area (Å²) in [7, 11) is -4.99. The third-order valence-corrected chi connectivity index (χ3v) is 3.61. The van der Waals surface area contributed by atoms with Gasteiger partial charge in [-0.25, -0.2) is 4.79 Å². The highest BCUT2D eigenvalue weighted by atomic mass is 32.2. The number of ether oxygens (including phenoxy) is 3. The van der Waals surface area contributed by atoms with Crippen LogP contribution in [0, 0.1) is 0 Å². The number of epoxide rings is 1. The number of alkyl halides is 3. The van der Waals surface area contributed by atoms with Gasteiger partial charge in [0.05, 0.1) is 12.2 Å².